The van der Waals surface area contributed by atoms with Gasteiger partial charge in [-0.25, -0.2) is 0 Å². The number of benzene rings is 1. The van der Waals surface area contributed by atoms with E-state index in [0.29, 0.717) is 4.83 Å². The van der Waals surface area contributed by atoms with Crippen molar-refractivity contribution >= 4 is 15.9 Å². The van der Waals surface area contributed by atoms with Crippen molar-refractivity contribution in [3.8, 4) is 0 Å². The van der Waals surface area contributed by atoms with Gasteiger partial charge in [0.15, 0.2) is 0 Å². The highest BCUT2D eigenvalue weighted by atomic mass is 79.9. The Morgan fingerprint density at radius 2 is 2.00 bits per heavy atom. The van der Waals surface area contributed by atoms with E-state index < -0.39 is 0 Å². The maximum atomic E-state index is 5.08. The average Bonchev–Trinajstić information content (AvgIpc) is 3.11. The van der Waals surface area contributed by atoms with Crippen LogP contribution in [0.3, 0.4) is 0 Å². The minimum atomic E-state index is 0.538. The van der Waals surface area contributed by atoms with Crippen molar-refractivity contribution in [3.63, 3.8) is 0 Å². The molecule has 1 aliphatic rings. The number of alkyl halides is 1. The van der Waals surface area contributed by atoms with Crippen LogP contribution in [0.2, 0.25) is 0 Å². The standard InChI is InChI=1S/C14H19BrO/c1-16-9-8-11-4-6-13(7-5-11)14(15)10-12-2-3-12/h4-7,12,14H,2-3,8-10H2,1H3. The number of halogens is 1. The van der Waals surface area contributed by atoms with Crippen molar-refractivity contribution in [1.82, 2.24) is 0 Å². The molecule has 2 heteroatoms. The Morgan fingerprint density at radius 3 is 2.56 bits per heavy atom. The molecular weight excluding hydrogens is 264 g/mol. The molecule has 1 aliphatic carbocycles. The Bertz CT molecular complexity index is 316. The quantitative estimate of drug-likeness (QED) is 0.714. The zero-order valence-electron chi connectivity index (χ0n) is 9.79. The molecule has 0 amide bonds. The lowest BCUT2D eigenvalue weighted by Crippen LogP contribution is -1.96. The van der Waals surface area contributed by atoms with E-state index in [9.17, 15) is 0 Å². The lowest BCUT2D eigenvalue weighted by Gasteiger charge is -2.10. The normalized spacial score (nSPS) is 17.4. The smallest absolute Gasteiger partial charge is 0.0502 e. The molecule has 1 fully saturated rings. The van der Waals surface area contributed by atoms with Crippen molar-refractivity contribution in [1.29, 1.82) is 0 Å². The number of hydrogen-bond acceptors (Lipinski definition) is 1. The van der Waals surface area contributed by atoms with Gasteiger partial charge in [0.25, 0.3) is 0 Å². The van der Waals surface area contributed by atoms with Gasteiger partial charge in [-0.3, -0.25) is 0 Å². The van der Waals surface area contributed by atoms with Crippen molar-refractivity contribution in [3.05, 3.63) is 35.4 Å². The summed E-state index contributed by atoms with van der Waals surface area (Å²) in [5.74, 6) is 0.970. The lowest BCUT2D eigenvalue weighted by molar-refractivity contribution is 0.202. The van der Waals surface area contributed by atoms with E-state index in [1.54, 1.807) is 7.11 Å². The molecule has 0 aliphatic heterocycles. The van der Waals surface area contributed by atoms with Crippen LogP contribution in [0.5, 0.6) is 0 Å². The first-order chi connectivity index (χ1) is 7.79. The Hall–Kier alpha value is -0.340. The van der Waals surface area contributed by atoms with Gasteiger partial charge in [0.05, 0.1) is 6.61 Å². The molecule has 1 unspecified atom stereocenters. The first-order valence-corrected chi connectivity index (χ1v) is 6.93. The van der Waals surface area contributed by atoms with Gasteiger partial charge in [0.1, 0.15) is 0 Å². The van der Waals surface area contributed by atoms with Crippen LogP contribution in [0.15, 0.2) is 24.3 Å². The minimum Gasteiger partial charge on any atom is -0.384 e. The van der Waals surface area contributed by atoms with Crippen LogP contribution in [0, 0.1) is 5.92 Å². The third-order valence-electron chi connectivity index (χ3n) is 3.17. The van der Waals surface area contributed by atoms with E-state index in [0.717, 1.165) is 18.9 Å². The Labute approximate surface area is 106 Å². The molecule has 2 rings (SSSR count). The van der Waals surface area contributed by atoms with E-state index in [4.69, 9.17) is 4.74 Å². The van der Waals surface area contributed by atoms with Crippen LogP contribution >= 0.6 is 15.9 Å². The van der Waals surface area contributed by atoms with E-state index in [2.05, 4.69) is 40.2 Å². The molecule has 16 heavy (non-hydrogen) atoms. The fourth-order valence-electron chi connectivity index (χ4n) is 1.90. The summed E-state index contributed by atoms with van der Waals surface area (Å²) in [5, 5.41) is 0. The molecule has 1 atom stereocenters. The van der Waals surface area contributed by atoms with Gasteiger partial charge in [-0.2, -0.15) is 0 Å². The fraction of sp³-hybridized carbons (Fsp3) is 0.571. The molecule has 0 aromatic heterocycles. The fourth-order valence-corrected chi connectivity index (χ4v) is 2.73. The van der Waals surface area contributed by atoms with Crippen LogP contribution < -0.4 is 0 Å². The van der Waals surface area contributed by atoms with Crippen LogP contribution in [0.1, 0.15) is 35.2 Å². The van der Waals surface area contributed by atoms with Crippen molar-refractivity contribution < 1.29 is 4.74 Å². The summed E-state index contributed by atoms with van der Waals surface area (Å²) in [6, 6.07) is 8.92. The van der Waals surface area contributed by atoms with E-state index in [1.165, 1.54) is 30.4 Å². The summed E-state index contributed by atoms with van der Waals surface area (Å²) in [7, 11) is 1.75. The Balaban J connectivity index is 1.89. The van der Waals surface area contributed by atoms with Crippen LogP contribution in [0.4, 0.5) is 0 Å². The highest BCUT2D eigenvalue weighted by molar-refractivity contribution is 9.09. The summed E-state index contributed by atoms with van der Waals surface area (Å²) < 4.78 is 5.08. The van der Waals surface area contributed by atoms with Crippen LogP contribution in [-0.2, 0) is 11.2 Å². The van der Waals surface area contributed by atoms with E-state index >= 15 is 0 Å². The highest BCUT2D eigenvalue weighted by Crippen LogP contribution is 2.41. The molecular formula is C14H19BrO. The van der Waals surface area contributed by atoms with E-state index in [-0.39, 0.29) is 0 Å². The molecule has 0 saturated heterocycles. The summed E-state index contributed by atoms with van der Waals surface area (Å²) in [5.41, 5.74) is 2.77. The maximum Gasteiger partial charge on any atom is 0.0502 e. The zero-order chi connectivity index (χ0) is 11.4. The van der Waals surface area contributed by atoms with Gasteiger partial charge >= 0.3 is 0 Å². The molecule has 1 aromatic carbocycles. The zero-order valence-corrected chi connectivity index (χ0v) is 11.4. The van der Waals surface area contributed by atoms with Crippen molar-refractivity contribution in [2.75, 3.05) is 13.7 Å². The van der Waals surface area contributed by atoms with Crippen molar-refractivity contribution in [2.24, 2.45) is 5.92 Å². The first kappa shape index (κ1) is 12.1. The summed E-state index contributed by atoms with van der Waals surface area (Å²) in [4.78, 5) is 0.538. The third kappa shape index (κ3) is 3.60. The predicted molar refractivity (Wildman–Crippen MR) is 71.0 cm³/mol. The second kappa shape index (κ2) is 5.83. The predicted octanol–water partition coefficient (Wildman–Crippen LogP) is 4.11. The molecule has 0 N–H and O–H groups in total. The molecule has 88 valence electrons. The summed E-state index contributed by atoms with van der Waals surface area (Å²) >= 11 is 3.78. The second-order valence-electron chi connectivity index (χ2n) is 4.63. The molecule has 1 saturated carbocycles. The Kier molecular flexibility index (Phi) is 4.42. The number of hydrogen-bond donors (Lipinski definition) is 0. The molecule has 0 bridgehead atoms. The molecule has 1 aromatic rings. The molecule has 0 spiro atoms. The van der Waals surface area contributed by atoms with E-state index in [1.807, 2.05) is 0 Å². The first-order valence-electron chi connectivity index (χ1n) is 6.01. The number of ether oxygens (including phenoxy) is 1. The topological polar surface area (TPSA) is 9.23 Å². The van der Waals surface area contributed by atoms with Crippen molar-refractivity contribution in [2.45, 2.75) is 30.5 Å². The summed E-state index contributed by atoms with van der Waals surface area (Å²) in [6.45, 7) is 0.805. The van der Waals surface area contributed by atoms with Gasteiger partial charge in [0, 0.05) is 11.9 Å². The van der Waals surface area contributed by atoms with Gasteiger partial charge in [-0.1, -0.05) is 53.0 Å². The highest BCUT2D eigenvalue weighted by Gasteiger charge is 2.24. The van der Waals surface area contributed by atoms with Gasteiger partial charge < -0.3 is 4.74 Å². The average molecular weight is 283 g/mol. The molecule has 1 nitrogen and oxygen atoms in total. The third-order valence-corrected chi connectivity index (χ3v) is 4.08. The lowest BCUT2D eigenvalue weighted by atomic mass is 10.0. The molecule has 0 heterocycles. The second-order valence-corrected chi connectivity index (χ2v) is 5.74. The monoisotopic (exact) mass is 282 g/mol. The van der Waals surface area contributed by atoms with Gasteiger partial charge in [0.2, 0.25) is 0 Å². The maximum absolute atomic E-state index is 5.08. The molecule has 0 radical (unpaired) electrons. The summed E-state index contributed by atoms with van der Waals surface area (Å²) in [6.07, 6.45) is 5.14. The number of rotatable bonds is 6. The minimum absolute atomic E-state index is 0.538. The largest absolute Gasteiger partial charge is 0.384 e. The van der Waals surface area contributed by atoms with Crippen LogP contribution in [0.25, 0.3) is 0 Å². The number of methoxy groups -OCH3 is 1. The van der Waals surface area contributed by atoms with Gasteiger partial charge in [-0.15, -0.1) is 0 Å². The van der Waals surface area contributed by atoms with Gasteiger partial charge in [-0.05, 0) is 29.9 Å². The van der Waals surface area contributed by atoms with Crippen LogP contribution in [-0.4, -0.2) is 13.7 Å². The Morgan fingerprint density at radius 1 is 1.31 bits per heavy atom. The SMILES string of the molecule is COCCc1ccc(C(Br)CC2CC2)cc1.